The van der Waals surface area contributed by atoms with Gasteiger partial charge in [0.05, 0.1) is 50.8 Å². The molecule has 3 fully saturated rings. The number of esters is 1. The fraction of sp³-hybridized carbons (Fsp3) is 0.759. The number of hydrogen-bond donors (Lipinski definition) is 4. The van der Waals surface area contributed by atoms with Gasteiger partial charge in [0, 0.05) is 51.4 Å². The molecule has 0 aromatic heterocycles. The van der Waals surface area contributed by atoms with Gasteiger partial charge < -0.3 is 53.7 Å². The molecule has 0 aromatic carbocycles. The number of rotatable bonds is 11. The average molecular weight is 988 g/mol. The number of aliphatic hydroxyl groups excluding tert-OH is 3. The summed E-state index contributed by atoms with van der Waals surface area (Å²) in [5.74, 6) is -8.28. The average Bonchev–Trinajstić information content (AvgIpc) is 3.33. The number of methoxy groups -OCH3 is 2. The van der Waals surface area contributed by atoms with Crippen LogP contribution in [0, 0.1) is 35.5 Å². The Kier molecular flexibility index (Phi) is 24.2. The van der Waals surface area contributed by atoms with Crippen LogP contribution >= 0.6 is 0 Å². The summed E-state index contributed by atoms with van der Waals surface area (Å²) in [6.07, 6.45) is 10.5. The zero-order chi connectivity index (χ0) is 51.7. The molecule has 16 heteroatoms. The number of carbonyl (C=O) groups is 5. The van der Waals surface area contributed by atoms with E-state index >= 15 is 0 Å². The number of aliphatic hydroxyl groups is 4. The van der Waals surface area contributed by atoms with Gasteiger partial charge >= 0.3 is 5.97 Å². The van der Waals surface area contributed by atoms with Crippen molar-refractivity contribution in [2.75, 3.05) is 47.2 Å². The first-order valence-electron chi connectivity index (χ1n) is 25.7. The van der Waals surface area contributed by atoms with E-state index in [0.29, 0.717) is 63.4 Å². The standard InChI is InChI=1S/C54H85NO15/c1-33-15-11-10-12-16-34(2)45(68-26-25-67-24-23-56)31-41-20-18-39(7)54(64,70-41)51(61)52(62)55-22-14-13-17-42(55)53(63)69-46(36(4)29-40-19-21-43(57)47(30-40)65-8)32-44(58)35(3)28-38(6)49(60)50(66-9)48(59)37(5)27-33/h10-12,15-16,28,33,35-37,39-43,45-47,49-50,56-57,60,64H,13-14,17-27,29-32H2,1-9H3/b12-10+,15-11+,34-16+,38-28+/t33-,35-,36-,37-,39-,40+,41+,42+,43-,45?,46+,47-,49-,50+,54-/m1/s1. The fourth-order valence-corrected chi connectivity index (χ4v) is 10.4. The second-order valence-corrected chi connectivity index (χ2v) is 20.6. The summed E-state index contributed by atoms with van der Waals surface area (Å²) in [6, 6.07) is -1.17. The quantitative estimate of drug-likeness (QED) is 0.0861. The topological polar surface area (TPSA) is 225 Å². The molecule has 0 aromatic rings. The van der Waals surface area contributed by atoms with E-state index in [-0.39, 0.29) is 87.7 Å². The highest BCUT2D eigenvalue weighted by Gasteiger charge is 2.53. The van der Waals surface area contributed by atoms with E-state index in [1.165, 1.54) is 12.0 Å². The maximum absolute atomic E-state index is 14.5. The third-order valence-corrected chi connectivity index (χ3v) is 15.0. The van der Waals surface area contributed by atoms with E-state index in [1.54, 1.807) is 40.9 Å². The van der Waals surface area contributed by atoms with Crippen LogP contribution in [-0.4, -0.2) is 156 Å². The van der Waals surface area contributed by atoms with E-state index < -0.39 is 83.9 Å². The summed E-state index contributed by atoms with van der Waals surface area (Å²) in [5.41, 5.74) is 1.19. The van der Waals surface area contributed by atoms with Gasteiger partial charge in [-0.3, -0.25) is 19.2 Å². The summed E-state index contributed by atoms with van der Waals surface area (Å²) in [7, 11) is 2.93. The smallest absolute Gasteiger partial charge is 0.329 e. The monoisotopic (exact) mass is 988 g/mol. The van der Waals surface area contributed by atoms with E-state index in [0.717, 1.165) is 5.57 Å². The highest BCUT2D eigenvalue weighted by molar-refractivity contribution is 6.39. The molecule has 2 saturated heterocycles. The lowest BCUT2D eigenvalue weighted by Crippen LogP contribution is -2.61. The number of ether oxygens (including phenoxy) is 6. The first-order chi connectivity index (χ1) is 33.2. The molecule has 1 unspecified atom stereocenters. The number of cyclic esters (lactones) is 1. The number of fused-ring (bicyclic) bond motifs is 3. The van der Waals surface area contributed by atoms with Gasteiger partial charge in [-0.2, -0.15) is 0 Å². The molecule has 0 spiro atoms. The van der Waals surface area contributed by atoms with Crippen LogP contribution in [-0.2, 0) is 52.4 Å². The number of Topliss-reactive ketones (excluding diaryl/α,β-unsaturated/α-hetero) is 3. The summed E-state index contributed by atoms with van der Waals surface area (Å²) < 4.78 is 35.3. The predicted molar refractivity (Wildman–Crippen MR) is 262 cm³/mol. The molecule has 1 aliphatic carbocycles. The van der Waals surface area contributed by atoms with Crippen molar-refractivity contribution in [2.45, 2.75) is 180 Å². The number of hydrogen-bond acceptors (Lipinski definition) is 15. The van der Waals surface area contributed by atoms with Crippen LogP contribution in [0.5, 0.6) is 0 Å². The van der Waals surface area contributed by atoms with Crippen LogP contribution in [0.2, 0.25) is 0 Å². The molecule has 4 rings (SSSR count). The minimum atomic E-state index is -2.49. The van der Waals surface area contributed by atoms with Gasteiger partial charge in [0.25, 0.3) is 11.7 Å². The first-order valence-corrected chi connectivity index (χ1v) is 25.7. The molecule has 3 heterocycles. The number of amides is 1. The van der Waals surface area contributed by atoms with Gasteiger partial charge in [-0.15, -0.1) is 0 Å². The number of piperidine rings is 1. The van der Waals surface area contributed by atoms with Gasteiger partial charge in [-0.1, -0.05) is 71.1 Å². The number of allylic oxidation sites excluding steroid dienone is 6. The van der Waals surface area contributed by atoms with Crippen molar-refractivity contribution in [3.8, 4) is 0 Å². The Balaban J connectivity index is 1.71. The molecule has 70 heavy (non-hydrogen) atoms. The normalized spacial score (nSPS) is 38.4. The van der Waals surface area contributed by atoms with Crippen molar-refractivity contribution < 1.29 is 72.8 Å². The van der Waals surface area contributed by atoms with Gasteiger partial charge in [0.2, 0.25) is 5.79 Å². The molecular weight excluding hydrogens is 903 g/mol. The lowest BCUT2D eigenvalue weighted by atomic mass is 9.78. The zero-order valence-corrected chi connectivity index (χ0v) is 43.3. The molecule has 16 nitrogen and oxygen atoms in total. The van der Waals surface area contributed by atoms with Crippen LogP contribution in [0.25, 0.3) is 0 Å². The Morgan fingerprint density at radius 1 is 0.857 bits per heavy atom. The fourth-order valence-electron chi connectivity index (χ4n) is 10.4. The third-order valence-electron chi connectivity index (χ3n) is 15.0. The Hall–Kier alpha value is -3.45. The first kappa shape index (κ1) is 59.1. The Morgan fingerprint density at radius 2 is 1.60 bits per heavy atom. The molecule has 15 atom stereocenters. The molecule has 3 aliphatic heterocycles. The van der Waals surface area contributed by atoms with Crippen LogP contribution in [0.1, 0.15) is 126 Å². The Bertz CT molecular complexity index is 1850. The van der Waals surface area contributed by atoms with Gasteiger partial charge in [0.15, 0.2) is 5.78 Å². The van der Waals surface area contributed by atoms with E-state index in [4.69, 9.17) is 28.4 Å². The van der Waals surface area contributed by atoms with Gasteiger partial charge in [-0.05, 0) is 107 Å². The van der Waals surface area contributed by atoms with Gasteiger partial charge in [-0.25, -0.2) is 4.79 Å². The number of carbonyl (C=O) groups excluding carboxylic acids is 5. The molecule has 4 N–H and O–H groups in total. The van der Waals surface area contributed by atoms with Crippen molar-refractivity contribution in [3.63, 3.8) is 0 Å². The van der Waals surface area contributed by atoms with Crippen LogP contribution < -0.4 is 0 Å². The second-order valence-electron chi connectivity index (χ2n) is 20.6. The van der Waals surface area contributed by atoms with Crippen molar-refractivity contribution in [1.82, 2.24) is 4.90 Å². The maximum Gasteiger partial charge on any atom is 0.329 e. The summed E-state index contributed by atoms with van der Waals surface area (Å²) in [4.78, 5) is 72.3. The van der Waals surface area contributed by atoms with E-state index in [9.17, 15) is 44.4 Å². The minimum Gasteiger partial charge on any atom is -0.460 e. The molecular formula is C54H85NO15. The third kappa shape index (κ3) is 16.5. The Labute approximate surface area is 416 Å². The summed E-state index contributed by atoms with van der Waals surface area (Å²) in [6.45, 7) is 13.1. The molecule has 0 radical (unpaired) electrons. The lowest BCUT2D eigenvalue weighted by Gasteiger charge is -2.43. The summed E-state index contributed by atoms with van der Waals surface area (Å²) in [5, 5.41) is 43.3. The highest BCUT2D eigenvalue weighted by Crippen LogP contribution is 2.38. The van der Waals surface area contributed by atoms with Gasteiger partial charge in [0.1, 0.15) is 30.1 Å². The molecule has 396 valence electrons. The summed E-state index contributed by atoms with van der Waals surface area (Å²) >= 11 is 0. The number of ketones is 3. The van der Waals surface area contributed by atoms with Crippen molar-refractivity contribution in [2.24, 2.45) is 35.5 Å². The Morgan fingerprint density at radius 3 is 2.30 bits per heavy atom. The van der Waals surface area contributed by atoms with E-state index in [1.807, 2.05) is 51.2 Å². The maximum atomic E-state index is 14.5. The van der Waals surface area contributed by atoms with Crippen molar-refractivity contribution in [1.29, 1.82) is 0 Å². The minimum absolute atomic E-state index is 0.0147. The molecule has 1 saturated carbocycles. The second kappa shape index (κ2) is 28.7. The van der Waals surface area contributed by atoms with Crippen LogP contribution in [0.4, 0.5) is 0 Å². The van der Waals surface area contributed by atoms with Crippen molar-refractivity contribution >= 4 is 29.2 Å². The molecule has 4 aliphatic rings. The van der Waals surface area contributed by atoms with E-state index in [2.05, 4.69) is 0 Å². The molecule has 1 amide bonds. The lowest BCUT2D eigenvalue weighted by molar-refractivity contribution is -0.266. The highest BCUT2D eigenvalue weighted by atomic mass is 16.6. The van der Waals surface area contributed by atoms with Crippen LogP contribution in [0.3, 0.4) is 0 Å². The number of nitrogens with zero attached hydrogens (tertiary/aromatic N) is 1. The predicted octanol–water partition coefficient (Wildman–Crippen LogP) is 5.56. The SMILES string of the molecule is CO[C@@H]1C[C@H](C[C@@H](C)[C@@H]2CC(=O)[C@H](C)/C=C(\C)[C@@H](O)[C@@H](OC)C(=O)[C@H](C)C[C@H](C)/C=C/C=C/C=C(\C)C(OCCOCCO)C[C@@H]3CC[C@@H](C)[C@@](O)(O3)C(=O)C(=O)N3CCCC[C@H]3C(=O)O2)CC[C@H]1O. The zero-order valence-electron chi connectivity index (χ0n) is 43.3. The van der Waals surface area contributed by atoms with Crippen molar-refractivity contribution in [3.05, 3.63) is 47.6 Å². The molecule has 2 bridgehead atoms. The van der Waals surface area contributed by atoms with Crippen LogP contribution in [0.15, 0.2) is 47.6 Å². The largest absolute Gasteiger partial charge is 0.460 e.